The number of benzene rings is 3. The van der Waals surface area contributed by atoms with E-state index in [0.29, 0.717) is 11.6 Å². The van der Waals surface area contributed by atoms with E-state index in [2.05, 4.69) is 15.2 Å². The van der Waals surface area contributed by atoms with Crippen LogP contribution < -0.4 is 5.32 Å². The van der Waals surface area contributed by atoms with Gasteiger partial charge < -0.3 is 10.2 Å². The first kappa shape index (κ1) is 25.9. The van der Waals surface area contributed by atoms with Gasteiger partial charge in [-0.05, 0) is 75.0 Å². The molecular formula is C29H30F3N5O. The summed E-state index contributed by atoms with van der Waals surface area (Å²) in [5.74, 6) is -0.482. The molecule has 9 heteroatoms. The largest absolute Gasteiger partial charge is 0.416 e. The van der Waals surface area contributed by atoms with Gasteiger partial charge in [0.05, 0.1) is 22.3 Å². The Morgan fingerprint density at radius 1 is 1.11 bits per heavy atom. The van der Waals surface area contributed by atoms with Gasteiger partial charge in [0.25, 0.3) is 5.91 Å². The second kappa shape index (κ2) is 10.2. The van der Waals surface area contributed by atoms with E-state index in [1.165, 1.54) is 6.07 Å². The van der Waals surface area contributed by atoms with E-state index in [1.807, 2.05) is 60.8 Å². The van der Waals surface area contributed by atoms with Gasteiger partial charge in [-0.1, -0.05) is 24.3 Å². The van der Waals surface area contributed by atoms with Crippen LogP contribution >= 0.6 is 0 Å². The number of halogens is 3. The van der Waals surface area contributed by atoms with Crippen LogP contribution in [0.25, 0.3) is 16.7 Å². The Morgan fingerprint density at radius 2 is 1.89 bits per heavy atom. The molecule has 1 aromatic heterocycles. The van der Waals surface area contributed by atoms with Crippen molar-refractivity contribution < 1.29 is 18.0 Å². The molecule has 1 atom stereocenters. The Kier molecular flexibility index (Phi) is 6.98. The molecule has 1 aliphatic rings. The van der Waals surface area contributed by atoms with Gasteiger partial charge in [-0.15, -0.1) is 0 Å². The number of rotatable bonds is 6. The summed E-state index contributed by atoms with van der Waals surface area (Å²) in [6, 6.07) is 17.3. The minimum atomic E-state index is -4.53. The van der Waals surface area contributed by atoms with Crippen molar-refractivity contribution in [2.75, 3.05) is 32.5 Å². The van der Waals surface area contributed by atoms with Crippen molar-refractivity contribution >= 4 is 22.6 Å². The lowest BCUT2D eigenvalue weighted by Crippen LogP contribution is -2.31. The summed E-state index contributed by atoms with van der Waals surface area (Å²) in [4.78, 5) is 21.7. The van der Waals surface area contributed by atoms with E-state index >= 15 is 0 Å². The van der Waals surface area contributed by atoms with Crippen molar-refractivity contribution in [3.05, 3.63) is 89.2 Å². The van der Waals surface area contributed by atoms with Gasteiger partial charge in [0.1, 0.15) is 6.33 Å². The topological polar surface area (TPSA) is 53.4 Å². The highest BCUT2D eigenvalue weighted by Gasteiger charge is 2.35. The number of hydrogen-bond donors (Lipinski definition) is 1. The van der Waals surface area contributed by atoms with Crippen LogP contribution in [0.3, 0.4) is 0 Å². The molecule has 4 aromatic rings. The van der Waals surface area contributed by atoms with Gasteiger partial charge in [0, 0.05) is 36.9 Å². The molecular weight excluding hydrogens is 491 g/mol. The fourth-order valence-electron chi connectivity index (χ4n) is 5.04. The van der Waals surface area contributed by atoms with E-state index < -0.39 is 17.6 Å². The number of alkyl halides is 3. The first-order chi connectivity index (χ1) is 18.1. The van der Waals surface area contributed by atoms with E-state index in [-0.39, 0.29) is 17.8 Å². The molecule has 38 heavy (non-hydrogen) atoms. The first-order valence-electron chi connectivity index (χ1n) is 12.5. The monoisotopic (exact) mass is 521 g/mol. The lowest BCUT2D eigenvalue weighted by Gasteiger charge is -2.22. The van der Waals surface area contributed by atoms with Crippen LogP contribution in [0.5, 0.6) is 0 Å². The van der Waals surface area contributed by atoms with Gasteiger partial charge >= 0.3 is 6.18 Å². The third-order valence-electron chi connectivity index (χ3n) is 7.23. The number of anilines is 1. The molecule has 1 N–H and O–H groups in total. The van der Waals surface area contributed by atoms with E-state index in [0.717, 1.165) is 47.9 Å². The number of carbonyl (C=O) groups excluding carboxylic acids is 1. The molecule has 198 valence electrons. The number of likely N-dealkylation sites (tertiary alicyclic amines) is 1. The molecule has 0 saturated carbocycles. The number of imidazole rings is 1. The summed E-state index contributed by atoms with van der Waals surface area (Å²) >= 11 is 0. The van der Waals surface area contributed by atoms with Crippen LogP contribution in [0.4, 0.5) is 18.9 Å². The summed E-state index contributed by atoms with van der Waals surface area (Å²) < 4.78 is 43.9. The van der Waals surface area contributed by atoms with Crippen LogP contribution in [0.15, 0.2) is 67.0 Å². The number of carbonyl (C=O) groups is 1. The predicted octanol–water partition coefficient (Wildman–Crippen LogP) is 5.74. The second-order valence-corrected chi connectivity index (χ2v) is 10.1. The van der Waals surface area contributed by atoms with Crippen LogP contribution in [0.2, 0.25) is 0 Å². The smallest absolute Gasteiger partial charge is 0.322 e. The zero-order valence-electron chi connectivity index (χ0n) is 21.6. The van der Waals surface area contributed by atoms with Gasteiger partial charge in [-0.2, -0.15) is 13.2 Å². The van der Waals surface area contributed by atoms with Gasteiger partial charge in [0.15, 0.2) is 0 Å². The number of aromatic nitrogens is 2. The molecule has 1 saturated heterocycles. The minimum absolute atomic E-state index is 0.105. The third kappa shape index (κ3) is 5.30. The molecule has 0 aliphatic carbocycles. The maximum absolute atomic E-state index is 14.0. The van der Waals surface area contributed by atoms with E-state index in [9.17, 15) is 18.0 Å². The minimum Gasteiger partial charge on any atom is -0.322 e. The average molecular weight is 522 g/mol. The summed E-state index contributed by atoms with van der Waals surface area (Å²) in [7, 11) is 3.98. The molecule has 6 nitrogen and oxygen atoms in total. The Hall–Kier alpha value is -3.69. The highest BCUT2D eigenvalue weighted by atomic mass is 19.4. The van der Waals surface area contributed by atoms with Crippen LogP contribution in [-0.4, -0.2) is 58.5 Å². The zero-order valence-corrected chi connectivity index (χ0v) is 21.6. The molecule has 1 aliphatic heterocycles. The normalized spacial score (nSPS) is 16.4. The van der Waals surface area contributed by atoms with Crippen molar-refractivity contribution in [2.24, 2.45) is 0 Å². The molecule has 3 aromatic carbocycles. The zero-order chi connectivity index (χ0) is 27.0. The Labute approximate surface area is 219 Å². The van der Waals surface area contributed by atoms with Crippen LogP contribution in [-0.2, 0) is 12.7 Å². The Bertz CT molecular complexity index is 1480. The van der Waals surface area contributed by atoms with Crippen molar-refractivity contribution in [2.45, 2.75) is 32.1 Å². The lowest BCUT2D eigenvalue weighted by atomic mass is 10.0. The lowest BCUT2D eigenvalue weighted by molar-refractivity contribution is -0.138. The number of hydrogen-bond acceptors (Lipinski definition) is 4. The average Bonchev–Trinajstić information content (AvgIpc) is 3.52. The van der Waals surface area contributed by atoms with Crippen molar-refractivity contribution in [3.8, 4) is 5.69 Å². The summed E-state index contributed by atoms with van der Waals surface area (Å²) in [5.41, 5.74) is 3.37. The maximum Gasteiger partial charge on any atom is 0.416 e. The highest BCUT2D eigenvalue weighted by molar-refractivity contribution is 6.04. The van der Waals surface area contributed by atoms with Gasteiger partial charge in [-0.3, -0.25) is 14.3 Å². The molecule has 5 rings (SSSR count). The number of fused-ring (bicyclic) bond motifs is 1. The number of nitrogens with one attached hydrogen (secondary N) is 1. The number of para-hydroxylation sites is 2. The quantitative estimate of drug-likeness (QED) is 0.352. The Balaban J connectivity index is 1.38. The van der Waals surface area contributed by atoms with E-state index in [4.69, 9.17) is 0 Å². The van der Waals surface area contributed by atoms with Crippen molar-refractivity contribution in [1.29, 1.82) is 0 Å². The number of aryl methyl sites for hydroxylation is 1. The highest BCUT2D eigenvalue weighted by Crippen LogP contribution is 2.35. The molecule has 0 unspecified atom stereocenters. The fourth-order valence-corrected chi connectivity index (χ4v) is 5.04. The fraction of sp³-hybridized carbons (Fsp3) is 0.310. The number of likely N-dealkylation sites (N-methyl/N-ethyl adjacent to an activating group) is 1. The number of nitrogens with zero attached hydrogens (tertiary/aromatic N) is 4. The third-order valence-corrected chi connectivity index (χ3v) is 7.23. The van der Waals surface area contributed by atoms with Crippen molar-refractivity contribution in [1.82, 2.24) is 19.4 Å². The summed E-state index contributed by atoms with van der Waals surface area (Å²) in [6.07, 6.45) is -1.91. The molecule has 1 amide bonds. The van der Waals surface area contributed by atoms with E-state index in [1.54, 1.807) is 24.5 Å². The maximum atomic E-state index is 14.0. The van der Waals surface area contributed by atoms with Crippen molar-refractivity contribution in [3.63, 3.8) is 0 Å². The SMILES string of the molecule is Cc1ccc(C(=O)Nc2ccc(CN3CC[C@@H](N(C)C)C3)c(C(F)(F)F)c2)cc1-n1cnc2ccccc21. The first-order valence-corrected chi connectivity index (χ1v) is 12.5. The second-order valence-electron chi connectivity index (χ2n) is 10.1. The van der Waals surface area contributed by atoms with Gasteiger partial charge in [0.2, 0.25) is 0 Å². The predicted molar refractivity (Wildman–Crippen MR) is 143 cm³/mol. The molecule has 0 radical (unpaired) electrons. The molecule has 1 fully saturated rings. The number of amides is 1. The molecule has 0 spiro atoms. The molecule has 2 heterocycles. The van der Waals surface area contributed by atoms with Crippen LogP contribution in [0, 0.1) is 6.92 Å². The van der Waals surface area contributed by atoms with Crippen LogP contribution in [0.1, 0.15) is 33.5 Å². The summed E-state index contributed by atoms with van der Waals surface area (Å²) in [5, 5.41) is 2.66. The summed E-state index contributed by atoms with van der Waals surface area (Å²) in [6.45, 7) is 3.63. The molecule has 0 bridgehead atoms. The standard InChI is InChI=1S/C29H30F3N5O/c1-19-8-9-20(14-27(19)37-18-33-25-6-4-5-7-26(25)37)28(38)34-22-11-10-21(24(15-22)29(30,31)32)16-36-13-12-23(17-36)35(2)3/h4-11,14-15,18,23H,12-13,16-17H2,1-3H3,(H,34,38)/t23-/m1/s1. The van der Waals surface area contributed by atoms with Gasteiger partial charge in [-0.25, -0.2) is 4.98 Å². The Morgan fingerprint density at radius 3 is 2.63 bits per heavy atom.